The van der Waals surface area contributed by atoms with Crippen molar-refractivity contribution in [1.82, 2.24) is 15.1 Å². The lowest BCUT2D eigenvalue weighted by molar-refractivity contribution is -0.151. The lowest BCUT2D eigenvalue weighted by Gasteiger charge is -2.46. The summed E-state index contributed by atoms with van der Waals surface area (Å²) in [6.45, 7) is 3.56. The molecule has 1 atom stereocenters. The van der Waals surface area contributed by atoms with Gasteiger partial charge in [-0.25, -0.2) is 0 Å². The maximum atomic E-state index is 14.2. The van der Waals surface area contributed by atoms with Crippen molar-refractivity contribution in [3.8, 4) is 5.75 Å². The Kier molecular flexibility index (Phi) is 7.30. The van der Waals surface area contributed by atoms with Gasteiger partial charge in [0.2, 0.25) is 11.8 Å². The molecule has 0 radical (unpaired) electrons. The molecule has 7 heteroatoms. The number of hydrogen-bond acceptors (Lipinski definition) is 5. The zero-order chi connectivity index (χ0) is 23.3. The number of hydrogen-bond donors (Lipinski definition) is 1. The Morgan fingerprint density at radius 2 is 1.76 bits per heavy atom. The summed E-state index contributed by atoms with van der Waals surface area (Å²) >= 11 is 0. The first-order chi connectivity index (χ1) is 16.1. The van der Waals surface area contributed by atoms with Gasteiger partial charge >= 0.3 is 0 Å². The average Bonchev–Trinajstić information content (AvgIpc) is 2.89. The molecule has 2 aliphatic rings. The second kappa shape index (κ2) is 10.4. The lowest BCUT2D eigenvalue weighted by atomic mass is 9.72. The monoisotopic (exact) mass is 451 g/mol. The zero-order valence-corrected chi connectivity index (χ0v) is 19.5. The van der Waals surface area contributed by atoms with Gasteiger partial charge in [-0.1, -0.05) is 42.5 Å². The summed E-state index contributed by atoms with van der Waals surface area (Å²) in [5.41, 5.74) is 1.46. The highest BCUT2D eigenvalue weighted by atomic mass is 16.5. The van der Waals surface area contributed by atoms with Crippen LogP contribution in [0.1, 0.15) is 24.0 Å². The number of amides is 2. The van der Waals surface area contributed by atoms with E-state index in [1.807, 2.05) is 42.5 Å². The third-order valence-corrected chi connectivity index (χ3v) is 6.92. The van der Waals surface area contributed by atoms with Crippen LogP contribution < -0.4 is 10.1 Å². The number of nitrogens with one attached hydrogen (secondary N) is 1. The van der Waals surface area contributed by atoms with Gasteiger partial charge in [0.15, 0.2) is 0 Å². The van der Waals surface area contributed by atoms with E-state index < -0.39 is 11.5 Å². The first-order valence-corrected chi connectivity index (χ1v) is 11.6. The van der Waals surface area contributed by atoms with Crippen LogP contribution in [0.4, 0.5) is 0 Å². The molecule has 0 aliphatic carbocycles. The average molecular weight is 452 g/mol. The smallest absolute Gasteiger partial charge is 0.243 e. The number of rotatable bonds is 6. The number of ether oxygens (including phenoxy) is 2. The first kappa shape index (κ1) is 23.3. The number of methoxy groups -OCH3 is 1. The topological polar surface area (TPSA) is 71.1 Å². The van der Waals surface area contributed by atoms with Crippen molar-refractivity contribution in [3.63, 3.8) is 0 Å². The van der Waals surface area contributed by atoms with Gasteiger partial charge in [-0.15, -0.1) is 0 Å². The van der Waals surface area contributed by atoms with Crippen LogP contribution in [0.3, 0.4) is 0 Å². The number of piperazine rings is 1. The van der Waals surface area contributed by atoms with E-state index in [2.05, 4.69) is 22.3 Å². The summed E-state index contributed by atoms with van der Waals surface area (Å²) in [6.07, 6.45) is 1.20. The minimum atomic E-state index is -0.696. The maximum absolute atomic E-state index is 14.2. The van der Waals surface area contributed by atoms with E-state index in [-0.39, 0.29) is 11.8 Å². The Morgan fingerprint density at radius 1 is 1.06 bits per heavy atom. The highest BCUT2D eigenvalue weighted by Gasteiger charge is 2.47. The largest absolute Gasteiger partial charge is 0.497 e. The predicted octanol–water partition coefficient (Wildman–Crippen LogP) is 2.20. The molecule has 2 saturated heterocycles. The zero-order valence-electron chi connectivity index (χ0n) is 19.5. The van der Waals surface area contributed by atoms with Crippen LogP contribution in [0.2, 0.25) is 0 Å². The Hall–Kier alpha value is -2.90. The summed E-state index contributed by atoms with van der Waals surface area (Å²) in [6, 6.07) is 17.4. The third-order valence-electron chi connectivity index (χ3n) is 6.92. The van der Waals surface area contributed by atoms with Crippen molar-refractivity contribution in [3.05, 3.63) is 65.7 Å². The molecule has 2 amide bonds. The van der Waals surface area contributed by atoms with Crippen molar-refractivity contribution in [2.45, 2.75) is 30.8 Å². The lowest BCUT2D eigenvalue weighted by Crippen LogP contribution is -2.63. The van der Waals surface area contributed by atoms with Gasteiger partial charge in [-0.05, 0) is 36.1 Å². The van der Waals surface area contributed by atoms with E-state index in [0.29, 0.717) is 39.1 Å². The van der Waals surface area contributed by atoms with Gasteiger partial charge < -0.3 is 19.7 Å². The highest BCUT2D eigenvalue weighted by Crippen LogP contribution is 2.38. The van der Waals surface area contributed by atoms with E-state index in [1.165, 1.54) is 5.56 Å². The van der Waals surface area contributed by atoms with E-state index in [4.69, 9.17) is 9.47 Å². The van der Waals surface area contributed by atoms with Crippen LogP contribution in [0, 0.1) is 0 Å². The fraction of sp³-hybridized carbons (Fsp3) is 0.462. The SMILES string of the molecule is CNC(=O)[C@H]1CN(Cc2ccccc2)CCN1C(=O)C1(c2ccc(OC)cc2)CCOCC1. The van der Waals surface area contributed by atoms with Gasteiger partial charge in [0, 0.05) is 46.4 Å². The molecular weight excluding hydrogens is 418 g/mol. The molecule has 0 unspecified atom stereocenters. The molecule has 2 heterocycles. The third kappa shape index (κ3) is 4.89. The molecule has 0 bridgehead atoms. The van der Waals surface area contributed by atoms with Gasteiger partial charge in [0.05, 0.1) is 12.5 Å². The number of nitrogens with zero attached hydrogens (tertiary/aromatic N) is 2. The van der Waals surface area contributed by atoms with Gasteiger partial charge in [-0.2, -0.15) is 0 Å². The van der Waals surface area contributed by atoms with Gasteiger partial charge in [0.1, 0.15) is 11.8 Å². The summed E-state index contributed by atoms with van der Waals surface area (Å²) in [4.78, 5) is 31.1. The molecule has 2 aliphatic heterocycles. The quantitative estimate of drug-likeness (QED) is 0.729. The Balaban J connectivity index is 1.60. The van der Waals surface area contributed by atoms with E-state index in [9.17, 15) is 9.59 Å². The summed E-state index contributed by atoms with van der Waals surface area (Å²) < 4.78 is 10.9. The summed E-state index contributed by atoms with van der Waals surface area (Å²) in [5.74, 6) is 0.646. The molecule has 33 heavy (non-hydrogen) atoms. The second-order valence-electron chi connectivity index (χ2n) is 8.77. The van der Waals surface area contributed by atoms with Crippen molar-refractivity contribution in [2.75, 3.05) is 47.0 Å². The molecule has 0 aromatic heterocycles. The van der Waals surface area contributed by atoms with Crippen LogP contribution in [-0.2, 0) is 26.3 Å². The molecule has 1 N–H and O–H groups in total. The highest BCUT2D eigenvalue weighted by molar-refractivity contribution is 5.93. The molecule has 2 aromatic rings. The standard InChI is InChI=1S/C26H33N3O4/c1-27-24(30)23-19-28(18-20-6-4-3-5-7-20)14-15-29(23)25(31)26(12-16-33-17-13-26)21-8-10-22(32-2)11-9-21/h3-11,23H,12-19H2,1-2H3,(H,27,30)/t23-/m1/s1. The molecular formula is C26H33N3O4. The minimum Gasteiger partial charge on any atom is -0.497 e. The molecule has 2 fully saturated rings. The fourth-order valence-corrected chi connectivity index (χ4v) is 4.99. The number of carbonyl (C=O) groups excluding carboxylic acids is 2. The van der Waals surface area contributed by atoms with Crippen LogP contribution in [-0.4, -0.2) is 74.7 Å². The van der Waals surface area contributed by atoms with Crippen LogP contribution in [0.5, 0.6) is 5.75 Å². The minimum absolute atomic E-state index is 0.0175. The summed E-state index contributed by atoms with van der Waals surface area (Å²) in [5, 5.41) is 2.77. The second-order valence-corrected chi connectivity index (χ2v) is 8.77. The number of likely N-dealkylation sites (N-methyl/N-ethyl adjacent to an activating group) is 1. The van der Waals surface area contributed by atoms with Crippen LogP contribution in [0.25, 0.3) is 0 Å². The Bertz CT molecular complexity index is 942. The van der Waals surface area contributed by atoms with E-state index in [1.54, 1.807) is 19.1 Å². The number of carbonyl (C=O) groups is 2. The van der Waals surface area contributed by atoms with Gasteiger partial charge in [-0.3, -0.25) is 14.5 Å². The van der Waals surface area contributed by atoms with Crippen molar-refractivity contribution < 1.29 is 19.1 Å². The molecule has 176 valence electrons. The maximum Gasteiger partial charge on any atom is 0.243 e. The van der Waals surface area contributed by atoms with E-state index >= 15 is 0 Å². The number of benzene rings is 2. The van der Waals surface area contributed by atoms with Crippen molar-refractivity contribution in [2.24, 2.45) is 0 Å². The predicted molar refractivity (Wildman–Crippen MR) is 126 cm³/mol. The molecule has 0 spiro atoms. The van der Waals surface area contributed by atoms with Crippen molar-refractivity contribution in [1.29, 1.82) is 0 Å². The molecule has 7 nitrogen and oxygen atoms in total. The summed E-state index contributed by atoms with van der Waals surface area (Å²) in [7, 11) is 3.27. The van der Waals surface area contributed by atoms with Crippen LogP contribution in [0.15, 0.2) is 54.6 Å². The first-order valence-electron chi connectivity index (χ1n) is 11.6. The van der Waals surface area contributed by atoms with Crippen LogP contribution >= 0.6 is 0 Å². The molecule has 2 aromatic carbocycles. The Morgan fingerprint density at radius 3 is 2.39 bits per heavy atom. The molecule has 4 rings (SSSR count). The van der Waals surface area contributed by atoms with E-state index in [0.717, 1.165) is 24.4 Å². The Labute approximate surface area is 195 Å². The fourth-order valence-electron chi connectivity index (χ4n) is 4.99. The molecule has 0 saturated carbocycles. The van der Waals surface area contributed by atoms with Gasteiger partial charge in [0.25, 0.3) is 0 Å². The van der Waals surface area contributed by atoms with Crippen molar-refractivity contribution >= 4 is 11.8 Å². The normalized spacial score (nSPS) is 20.8.